The molecule has 0 unspecified atom stereocenters. The molecule has 0 aromatic heterocycles. The van der Waals surface area contributed by atoms with Crippen molar-refractivity contribution in [1.29, 1.82) is 0 Å². The molecule has 0 heterocycles. The zero-order valence-corrected chi connectivity index (χ0v) is 22.2. The van der Waals surface area contributed by atoms with Crippen LogP contribution in [0.2, 0.25) is 0 Å². The monoisotopic (exact) mass is 424 g/mol. The molecule has 0 spiro atoms. The second kappa shape index (κ2) is 19.1. The third-order valence-electron chi connectivity index (χ3n) is 5.90. The second-order valence-electron chi connectivity index (χ2n) is 9.62. The van der Waals surface area contributed by atoms with Crippen LogP contribution in [0.1, 0.15) is 126 Å². The Morgan fingerprint density at radius 1 is 0.387 bits per heavy atom. The molecule has 0 amide bonds. The molecule has 176 valence electrons. The van der Waals surface area contributed by atoms with Gasteiger partial charge in [-0.15, -0.1) is 0 Å². The van der Waals surface area contributed by atoms with E-state index in [1.807, 2.05) is 0 Å². The first kappa shape index (κ1) is 29.4. The molecule has 0 saturated carbocycles. The molecule has 0 aliphatic heterocycles. The number of rotatable bonds is 16. The zero-order valence-electron chi connectivity index (χ0n) is 22.2. The van der Waals surface area contributed by atoms with Gasteiger partial charge in [0, 0.05) is 0 Å². The quantitative estimate of drug-likeness (QED) is 0.171. The Morgan fingerprint density at radius 3 is 1.00 bits per heavy atom. The molecule has 0 atom stereocenters. The minimum absolute atomic E-state index is 1.17. The minimum atomic E-state index is 1.17. The normalized spacial score (nSPS) is 14.3. The Hall–Kier alpha value is -1.56. The number of unbranched alkanes of at least 4 members (excludes halogenated alkanes) is 1. The van der Waals surface area contributed by atoms with E-state index < -0.39 is 0 Å². The van der Waals surface area contributed by atoms with Gasteiger partial charge in [-0.1, -0.05) is 76.8 Å². The lowest BCUT2D eigenvalue weighted by atomic mass is 10.0. The van der Waals surface area contributed by atoms with E-state index in [1.165, 1.54) is 104 Å². The van der Waals surface area contributed by atoms with Crippen molar-refractivity contribution in [1.82, 2.24) is 0 Å². The van der Waals surface area contributed by atoms with Gasteiger partial charge in [-0.2, -0.15) is 0 Å². The summed E-state index contributed by atoms with van der Waals surface area (Å²) in [6.45, 7) is 17.9. The molecule has 0 radical (unpaired) electrons. The molecular weight excluding hydrogens is 372 g/mol. The van der Waals surface area contributed by atoms with Crippen LogP contribution in [0.3, 0.4) is 0 Å². The van der Waals surface area contributed by atoms with E-state index in [9.17, 15) is 0 Å². The predicted octanol–water partition coefficient (Wildman–Crippen LogP) is 11.0. The van der Waals surface area contributed by atoms with E-state index in [1.54, 1.807) is 0 Å². The Balaban J connectivity index is 4.07. The smallest absolute Gasteiger partial charge is 0.0288 e. The molecule has 0 nitrogen and oxygen atoms in total. The van der Waals surface area contributed by atoms with Gasteiger partial charge in [0.25, 0.3) is 0 Å². The summed E-state index contributed by atoms with van der Waals surface area (Å²) in [5, 5.41) is 0. The molecule has 0 aromatic rings. The molecule has 0 saturated heterocycles. The van der Waals surface area contributed by atoms with Crippen molar-refractivity contribution in [2.45, 2.75) is 126 Å². The lowest BCUT2D eigenvalue weighted by Gasteiger charge is -2.03. The van der Waals surface area contributed by atoms with E-state index in [-0.39, 0.29) is 0 Å². The Morgan fingerprint density at radius 2 is 0.677 bits per heavy atom. The average Bonchev–Trinajstić information content (AvgIpc) is 2.70. The van der Waals surface area contributed by atoms with Gasteiger partial charge in [0.15, 0.2) is 0 Å². The minimum Gasteiger partial charge on any atom is -0.0856 e. The molecule has 0 rings (SSSR count). The summed E-state index contributed by atoms with van der Waals surface area (Å²) >= 11 is 0. The van der Waals surface area contributed by atoms with Crippen molar-refractivity contribution < 1.29 is 0 Å². The van der Waals surface area contributed by atoms with Crippen molar-refractivity contribution in [3.05, 3.63) is 69.9 Å². The van der Waals surface area contributed by atoms with Gasteiger partial charge in [0.1, 0.15) is 0 Å². The van der Waals surface area contributed by atoms with Crippen LogP contribution in [-0.4, -0.2) is 0 Å². The number of allylic oxidation sites excluding steroid dienone is 12. The molecule has 0 aliphatic carbocycles. The zero-order chi connectivity index (χ0) is 23.5. The van der Waals surface area contributed by atoms with Crippen molar-refractivity contribution in [2.24, 2.45) is 0 Å². The van der Waals surface area contributed by atoms with E-state index >= 15 is 0 Å². The summed E-state index contributed by atoms with van der Waals surface area (Å²) in [5.41, 5.74) is 9.07. The van der Waals surface area contributed by atoms with Crippen LogP contribution >= 0.6 is 0 Å². The average molecular weight is 425 g/mol. The van der Waals surface area contributed by atoms with Gasteiger partial charge in [-0.25, -0.2) is 0 Å². The van der Waals surface area contributed by atoms with Gasteiger partial charge in [0.05, 0.1) is 0 Å². The lowest BCUT2D eigenvalue weighted by Crippen LogP contribution is -1.82. The number of hydrogen-bond acceptors (Lipinski definition) is 0. The molecule has 0 fully saturated rings. The summed E-state index contributed by atoms with van der Waals surface area (Å²) in [5.74, 6) is 0. The first-order chi connectivity index (χ1) is 14.7. The topological polar surface area (TPSA) is 0 Å². The van der Waals surface area contributed by atoms with Crippen LogP contribution in [0.4, 0.5) is 0 Å². The molecule has 0 bridgehead atoms. The van der Waals surface area contributed by atoms with Crippen LogP contribution in [0.15, 0.2) is 69.9 Å². The number of hydrogen-bond donors (Lipinski definition) is 0. The van der Waals surface area contributed by atoms with E-state index in [4.69, 9.17) is 0 Å². The van der Waals surface area contributed by atoms with Gasteiger partial charge in [-0.05, 0) is 119 Å². The highest BCUT2D eigenvalue weighted by Crippen LogP contribution is 2.14. The summed E-state index contributed by atoms with van der Waals surface area (Å²) in [4.78, 5) is 0. The highest BCUT2D eigenvalue weighted by atomic mass is 14.0. The summed E-state index contributed by atoms with van der Waals surface area (Å²) < 4.78 is 0. The fourth-order valence-corrected chi connectivity index (χ4v) is 3.44. The van der Waals surface area contributed by atoms with Crippen molar-refractivity contribution in [2.75, 3.05) is 0 Å². The van der Waals surface area contributed by atoms with Crippen molar-refractivity contribution in [3.63, 3.8) is 0 Å². The van der Waals surface area contributed by atoms with Gasteiger partial charge in [0.2, 0.25) is 0 Å². The molecule has 0 heteroatoms. The van der Waals surface area contributed by atoms with E-state index in [0.29, 0.717) is 0 Å². The fraction of sp³-hybridized carbons (Fsp3) is 0.613. The first-order valence-corrected chi connectivity index (χ1v) is 12.7. The summed E-state index contributed by atoms with van der Waals surface area (Å²) in [7, 11) is 0. The highest BCUT2D eigenvalue weighted by molar-refractivity contribution is 5.08. The van der Waals surface area contributed by atoms with E-state index in [2.05, 4.69) is 91.8 Å². The lowest BCUT2D eigenvalue weighted by molar-refractivity contribution is 0.895. The van der Waals surface area contributed by atoms with Gasteiger partial charge in [-0.3, -0.25) is 0 Å². The van der Waals surface area contributed by atoms with E-state index in [0.717, 1.165) is 0 Å². The van der Waals surface area contributed by atoms with Gasteiger partial charge < -0.3 is 0 Å². The Labute approximate surface area is 196 Å². The third-order valence-corrected chi connectivity index (χ3v) is 5.90. The third kappa shape index (κ3) is 20.1. The molecule has 31 heavy (non-hydrogen) atoms. The first-order valence-electron chi connectivity index (χ1n) is 12.7. The van der Waals surface area contributed by atoms with Crippen molar-refractivity contribution in [3.8, 4) is 0 Å². The maximum absolute atomic E-state index is 2.44. The van der Waals surface area contributed by atoms with Crippen molar-refractivity contribution >= 4 is 0 Å². The fourth-order valence-electron chi connectivity index (χ4n) is 3.44. The largest absolute Gasteiger partial charge is 0.0856 e. The molecule has 0 aromatic carbocycles. The molecule has 0 N–H and O–H groups in total. The summed E-state index contributed by atoms with van der Waals surface area (Å²) in [6.07, 6.45) is 27.5. The van der Waals surface area contributed by atoms with Crippen LogP contribution in [-0.2, 0) is 0 Å². The SMILES string of the molecule is CC/C(C)=C/CC/C(C)=C/CC/C(C)=C/CC/C=C(\C)CC/C=C(\C)CCC=C(C)C. The maximum Gasteiger partial charge on any atom is -0.0288 e. The van der Waals surface area contributed by atoms with Crippen LogP contribution < -0.4 is 0 Å². The Bertz CT molecular complexity index is 654. The molecular formula is C31H52. The van der Waals surface area contributed by atoms with Gasteiger partial charge >= 0.3 is 0 Å². The molecule has 0 aliphatic rings. The van der Waals surface area contributed by atoms with Crippen LogP contribution in [0, 0.1) is 0 Å². The highest BCUT2D eigenvalue weighted by Gasteiger charge is 1.94. The maximum atomic E-state index is 2.44. The van der Waals surface area contributed by atoms with Crippen LogP contribution in [0.25, 0.3) is 0 Å². The van der Waals surface area contributed by atoms with Crippen LogP contribution in [0.5, 0.6) is 0 Å². The second-order valence-corrected chi connectivity index (χ2v) is 9.62. The Kier molecular flexibility index (Phi) is 18.2. The predicted molar refractivity (Wildman–Crippen MR) is 145 cm³/mol. The standard InChI is InChI=1S/C31H52/c1-9-27(4)19-13-21-31(8)25-15-23-29(6)18-11-10-17-28(5)22-14-24-30(7)20-12-16-26(2)3/h16-19,24-25H,9-15,20-23H2,1-8H3/b27-19+,28-17+,29-18+,30-24+,31-25+. The summed E-state index contributed by atoms with van der Waals surface area (Å²) in [6, 6.07) is 0.